The molecule has 1 amide bonds. The molecule has 1 saturated heterocycles. The summed E-state index contributed by atoms with van der Waals surface area (Å²) in [6.45, 7) is 1.68. The number of likely N-dealkylation sites (tertiary alicyclic amines) is 1. The molecular formula is C16H19N3OS. The minimum Gasteiger partial charge on any atom is -0.336 e. The van der Waals surface area contributed by atoms with Crippen molar-refractivity contribution < 1.29 is 4.79 Å². The normalized spacial score (nSPS) is 21.5. The van der Waals surface area contributed by atoms with Crippen LogP contribution in [0.1, 0.15) is 45.4 Å². The van der Waals surface area contributed by atoms with E-state index in [2.05, 4.69) is 15.6 Å². The Balaban J connectivity index is 1.51. The fourth-order valence-corrected chi connectivity index (χ4v) is 4.68. The minimum absolute atomic E-state index is 0.221. The molecule has 4 rings (SSSR count). The zero-order valence-electron chi connectivity index (χ0n) is 12.0. The predicted octanol–water partition coefficient (Wildman–Crippen LogP) is 2.91. The van der Waals surface area contributed by atoms with Crippen LogP contribution in [0, 0.1) is 0 Å². The first-order chi connectivity index (χ1) is 10.3. The highest BCUT2D eigenvalue weighted by Gasteiger charge is 2.27. The Morgan fingerprint density at radius 1 is 1.33 bits per heavy atom. The van der Waals surface area contributed by atoms with Gasteiger partial charge in [0.05, 0.1) is 17.2 Å². The van der Waals surface area contributed by atoms with E-state index >= 15 is 0 Å². The van der Waals surface area contributed by atoms with Crippen molar-refractivity contribution in [1.29, 1.82) is 0 Å². The second kappa shape index (κ2) is 5.30. The Hall–Kier alpha value is -1.62. The maximum atomic E-state index is 12.7. The van der Waals surface area contributed by atoms with Crippen molar-refractivity contribution in [3.8, 4) is 0 Å². The van der Waals surface area contributed by atoms with Crippen LogP contribution in [-0.4, -0.2) is 33.4 Å². The Kier molecular flexibility index (Phi) is 3.30. The average Bonchev–Trinajstić information content (AvgIpc) is 3.22. The Bertz CT molecular complexity index is 625. The van der Waals surface area contributed by atoms with Gasteiger partial charge in [0.25, 0.3) is 5.91 Å². The number of amides is 1. The lowest BCUT2D eigenvalue weighted by atomic mass is 10.1. The summed E-state index contributed by atoms with van der Waals surface area (Å²) in [5.41, 5.74) is 1.41. The molecule has 0 bridgehead atoms. The number of carbonyl (C=O) groups excluding carboxylic acids is 1. The van der Waals surface area contributed by atoms with Crippen molar-refractivity contribution in [2.24, 2.45) is 0 Å². The number of hydrogen-bond donors (Lipinski definition) is 0. The second-order valence-electron chi connectivity index (χ2n) is 5.97. The summed E-state index contributed by atoms with van der Waals surface area (Å²) in [6, 6.07) is 2.51. The maximum absolute atomic E-state index is 12.7. The summed E-state index contributed by atoms with van der Waals surface area (Å²) in [6.07, 6.45) is 11.4. The van der Waals surface area contributed by atoms with E-state index in [1.54, 1.807) is 11.3 Å². The van der Waals surface area contributed by atoms with E-state index in [0.29, 0.717) is 6.04 Å². The van der Waals surface area contributed by atoms with Crippen molar-refractivity contribution >= 4 is 17.2 Å². The molecule has 0 saturated carbocycles. The molecule has 1 aliphatic carbocycles. The number of piperidine rings is 1. The molecule has 1 unspecified atom stereocenters. The van der Waals surface area contributed by atoms with E-state index in [0.717, 1.165) is 43.6 Å². The van der Waals surface area contributed by atoms with Gasteiger partial charge in [-0.15, -0.1) is 11.3 Å². The van der Waals surface area contributed by atoms with Crippen molar-refractivity contribution in [1.82, 2.24) is 14.5 Å². The van der Waals surface area contributed by atoms with Crippen molar-refractivity contribution in [2.75, 3.05) is 13.1 Å². The molecule has 2 aromatic rings. The largest absolute Gasteiger partial charge is 0.336 e. The first kappa shape index (κ1) is 13.1. The highest BCUT2D eigenvalue weighted by atomic mass is 32.1. The van der Waals surface area contributed by atoms with Crippen LogP contribution >= 0.6 is 11.3 Å². The molecule has 0 radical (unpaired) electrons. The monoisotopic (exact) mass is 301 g/mol. The number of thiophene rings is 1. The molecule has 21 heavy (non-hydrogen) atoms. The highest BCUT2D eigenvalue weighted by molar-refractivity contribution is 7.14. The molecule has 5 heteroatoms. The van der Waals surface area contributed by atoms with E-state index < -0.39 is 0 Å². The SMILES string of the molecule is O=C(c1cc2c(s1)CCC2)N1CCCC(n2ccnc2)C1. The summed E-state index contributed by atoms with van der Waals surface area (Å²) >= 11 is 1.71. The van der Waals surface area contributed by atoms with Crippen molar-refractivity contribution in [2.45, 2.75) is 38.1 Å². The Morgan fingerprint density at radius 2 is 2.29 bits per heavy atom. The molecule has 2 aromatic heterocycles. The Morgan fingerprint density at radius 3 is 3.10 bits per heavy atom. The first-order valence-electron chi connectivity index (χ1n) is 7.69. The van der Waals surface area contributed by atoms with Crippen LogP contribution in [-0.2, 0) is 12.8 Å². The number of hydrogen-bond acceptors (Lipinski definition) is 3. The molecule has 4 nitrogen and oxygen atoms in total. The molecule has 0 spiro atoms. The van der Waals surface area contributed by atoms with Gasteiger partial charge in [-0.2, -0.15) is 0 Å². The molecule has 1 atom stereocenters. The molecule has 2 aliphatic rings. The van der Waals surface area contributed by atoms with Gasteiger partial charge >= 0.3 is 0 Å². The van der Waals surface area contributed by atoms with Gasteiger partial charge in [-0.1, -0.05) is 0 Å². The number of aryl methyl sites for hydroxylation is 2. The lowest BCUT2D eigenvalue weighted by Crippen LogP contribution is -2.40. The van der Waals surface area contributed by atoms with E-state index in [1.165, 1.54) is 16.9 Å². The molecule has 1 fully saturated rings. The number of carbonyl (C=O) groups is 1. The van der Waals surface area contributed by atoms with Crippen LogP contribution in [0.2, 0.25) is 0 Å². The fraction of sp³-hybridized carbons (Fsp3) is 0.500. The van der Waals surface area contributed by atoms with E-state index in [1.807, 2.05) is 23.6 Å². The topological polar surface area (TPSA) is 38.1 Å². The van der Waals surface area contributed by atoms with Crippen LogP contribution in [0.25, 0.3) is 0 Å². The zero-order valence-corrected chi connectivity index (χ0v) is 12.8. The molecule has 0 aromatic carbocycles. The molecule has 3 heterocycles. The van der Waals surface area contributed by atoms with Crippen molar-refractivity contribution in [3.63, 3.8) is 0 Å². The quantitative estimate of drug-likeness (QED) is 0.855. The van der Waals surface area contributed by atoms with Crippen molar-refractivity contribution in [3.05, 3.63) is 40.1 Å². The van der Waals surface area contributed by atoms with Crippen LogP contribution in [0.3, 0.4) is 0 Å². The molecule has 110 valence electrons. The maximum Gasteiger partial charge on any atom is 0.264 e. The number of rotatable bonds is 2. The molecule has 1 aliphatic heterocycles. The third-order valence-corrected chi connectivity index (χ3v) is 5.81. The van der Waals surface area contributed by atoms with Gasteiger partial charge < -0.3 is 9.47 Å². The van der Waals surface area contributed by atoms with Crippen LogP contribution in [0.15, 0.2) is 24.8 Å². The summed E-state index contributed by atoms with van der Waals surface area (Å²) in [4.78, 5) is 21.2. The predicted molar refractivity (Wildman–Crippen MR) is 82.7 cm³/mol. The van der Waals surface area contributed by atoms with Crippen LogP contribution in [0.4, 0.5) is 0 Å². The molecule has 0 N–H and O–H groups in total. The standard InChI is InChI=1S/C16H19N3OS/c20-16(15-9-12-3-1-5-14(12)21-15)18-7-2-4-13(10-18)19-8-6-17-11-19/h6,8-9,11,13H,1-5,7,10H2. The number of aromatic nitrogens is 2. The smallest absolute Gasteiger partial charge is 0.264 e. The van der Waals surface area contributed by atoms with Gasteiger partial charge in [0.1, 0.15) is 0 Å². The lowest BCUT2D eigenvalue weighted by molar-refractivity contribution is 0.0684. The van der Waals surface area contributed by atoms with Gasteiger partial charge in [-0.05, 0) is 43.7 Å². The molecular weight excluding hydrogens is 282 g/mol. The van der Waals surface area contributed by atoms with E-state index in [4.69, 9.17) is 0 Å². The second-order valence-corrected chi connectivity index (χ2v) is 7.11. The number of imidazole rings is 1. The van der Waals surface area contributed by atoms with Crippen LogP contribution < -0.4 is 0 Å². The van der Waals surface area contributed by atoms with E-state index in [-0.39, 0.29) is 5.91 Å². The average molecular weight is 301 g/mol. The zero-order chi connectivity index (χ0) is 14.2. The van der Waals surface area contributed by atoms with Gasteiger partial charge in [0.15, 0.2) is 0 Å². The third kappa shape index (κ3) is 2.39. The first-order valence-corrected chi connectivity index (χ1v) is 8.51. The van der Waals surface area contributed by atoms with Crippen LogP contribution in [0.5, 0.6) is 0 Å². The van der Waals surface area contributed by atoms with E-state index in [9.17, 15) is 4.79 Å². The third-order valence-electron chi connectivity index (χ3n) is 4.59. The van der Waals surface area contributed by atoms with Gasteiger partial charge in [-0.3, -0.25) is 4.79 Å². The van der Waals surface area contributed by atoms with Gasteiger partial charge in [0, 0.05) is 30.4 Å². The highest BCUT2D eigenvalue weighted by Crippen LogP contribution is 2.32. The summed E-state index contributed by atoms with van der Waals surface area (Å²) in [5.74, 6) is 0.221. The van der Waals surface area contributed by atoms with Gasteiger partial charge in [0.2, 0.25) is 0 Å². The lowest BCUT2D eigenvalue weighted by Gasteiger charge is -2.33. The number of fused-ring (bicyclic) bond motifs is 1. The van der Waals surface area contributed by atoms with Gasteiger partial charge in [-0.25, -0.2) is 4.98 Å². The number of nitrogens with zero attached hydrogens (tertiary/aromatic N) is 3. The summed E-state index contributed by atoms with van der Waals surface area (Å²) in [7, 11) is 0. The summed E-state index contributed by atoms with van der Waals surface area (Å²) in [5, 5.41) is 0. The Labute approximate surface area is 128 Å². The minimum atomic E-state index is 0.221. The summed E-state index contributed by atoms with van der Waals surface area (Å²) < 4.78 is 2.13. The fourth-order valence-electron chi connectivity index (χ4n) is 3.46.